The standard InChI is InChI=1S/C10H15N3O2/c1-6(2)10-11-8(3-9(15)12-10)13-4-7(14)5-13/h3,6-7,14H,4-5H2,1-2H3,(H,11,12,15). The van der Waals surface area contributed by atoms with Crippen LogP contribution >= 0.6 is 0 Å². The molecule has 2 N–H and O–H groups in total. The molecule has 1 fully saturated rings. The molecule has 0 bridgehead atoms. The Kier molecular flexibility index (Phi) is 2.48. The highest BCUT2D eigenvalue weighted by molar-refractivity contribution is 5.41. The van der Waals surface area contributed by atoms with E-state index in [1.807, 2.05) is 18.7 Å². The molecule has 0 radical (unpaired) electrons. The van der Waals surface area contributed by atoms with E-state index in [0.717, 1.165) is 0 Å². The third kappa shape index (κ3) is 2.02. The molecule has 0 saturated carbocycles. The second kappa shape index (κ2) is 3.66. The van der Waals surface area contributed by atoms with Crippen LogP contribution in [0.3, 0.4) is 0 Å². The topological polar surface area (TPSA) is 69.2 Å². The maximum Gasteiger partial charge on any atom is 0.252 e. The van der Waals surface area contributed by atoms with Gasteiger partial charge >= 0.3 is 0 Å². The first-order valence-electron chi connectivity index (χ1n) is 5.10. The van der Waals surface area contributed by atoms with Gasteiger partial charge in [0.2, 0.25) is 0 Å². The van der Waals surface area contributed by atoms with Gasteiger partial charge in [0.15, 0.2) is 0 Å². The van der Waals surface area contributed by atoms with E-state index in [2.05, 4.69) is 9.97 Å². The summed E-state index contributed by atoms with van der Waals surface area (Å²) in [7, 11) is 0. The lowest BCUT2D eigenvalue weighted by molar-refractivity contribution is 0.141. The highest BCUT2D eigenvalue weighted by Crippen LogP contribution is 2.18. The molecule has 1 aliphatic heterocycles. The molecule has 2 rings (SSSR count). The van der Waals surface area contributed by atoms with E-state index in [9.17, 15) is 9.90 Å². The summed E-state index contributed by atoms with van der Waals surface area (Å²) in [6.45, 7) is 5.09. The number of aliphatic hydroxyl groups excluding tert-OH is 1. The lowest BCUT2D eigenvalue weighted by Gasteiger charge is -2.36. The summed E-state index contributed by atoms with van der Waals surface area (Å²) in [4.78, 5) is 20.3. The molecule has 82 valence electrons. The molecule has 0 aliphatic carbocycles. The van der Waals surface area contributed by atoms with Gasteiger partial charge in [-0.05, 0) is 0 Å². The maximum atomic E-state index is 11.4. The van der Waals surface area contributed by atoms with Crippen molar-refractivity contribution in [2.45, 2.75) is 25.9 Å². The monoisotopic (exact) mass is 209 g/mol. The highest BCUT2D eigenvalue weighted by atomic mass is 16.3. The van der Waals surface area contributed by atoms with Crippen LogP contribution in [-0.4, -0.2) is 34.3 Å². The van der Waals surface area contributed by atoms with Gasteiger partial charge < -0.3 is 15.0 Å². The van der Waals surface area contributed by atoms with Crippen LogP contribution in [0, 0.1) is 0 Å². The fraction of sp³-hybridized carbons (Fsp3) is 0.600. The normalized spacial score (nSPS) is 16.9. The summed E-state index contributed by atoms with van der Waals surface area (Å²) < 4.78 is 0. The van der Waals surface area contributed by atoms with E-state index >= 15 is 0 Å². The lowest BCUT2D eigenvalue weighted by atomic mass is 10.1. The van der Waals surface area contributed by atoms with Crippen molar-refractivity contribution in [1.82, 2.24) is 9.97 Å². The molecule has 1 aliphatic rings. The minimum Gasteiger partial charge on any atom is -0.389 e. The molecular formula is C10H15N3O2. The molecule has 0 unspecified atom stereocenters. The maximum absolute atomic E-state index is 11.4. The molecule has 1 saturated heterocycles. The van der Waals surface area contributed by atoms with Crippen LogP contribution in [0.4, 0.5) is 5.82 Å². The Balaban J connectivity index is 2.28. The fourth-order valence-electron chi connectivity index (χ4n) is 1.54. The molecule has 5 nitrogen and oxygen atoms in total. The van der Waals surface area contributed by atoms with Gasteiger partial charge in [-0.1, -0.05) is 13.8 Å². The van der Waals surface area contributed by atoms with Gasteiger partial charge in [0, 0.05) is 25.1 Å². The van der Waals surface area contributed by atoms with Crippen LogP contribution in [0.25, 0.3) is 0 Å². The number of β-amino-alcohol motifs (C(OH)–C–C–N with tert-alkyl or cyclic N) is 1. The minimum absolute atomic E-state index is 0.134. The molecule has 0 spiro atoms. The number of nitrogens with one attached hydrogen (secondary N) is 1. The van der Waals surface area contributed by atoms with Gasteiger partial charge in [0.1, 0.15) is 11.6 Å². The number of rotatable bonds is 2. The summed E-state index contributed by atoms with van der Waals surface area (Å²) in [5.41, 5.74) is -0.134. The van der Waals surface area contributed by atoms with Crippen molar-refractivity contribution < 1.29 is 5.11 Å². The van der Waals surface area contributed by atoms with Crippen LogP contribution in [0.5, 0.6) is 0 Å². The first kappa shape index (κ1) is 10.2. The SMILES string of the molecule is CC(C)c1nc(N2CC(O)C2)cc(=O)[nH]1. The molecule has 15 heavy (non-hydrogen) atoms. The quantitative estimate of drug-likeness (QED) is 0.723. The number of hydrogen-bond donors (Lipinski definition) is 2. The third-order valence-corrected chi connectivity index (χ3v) is 2.48. The number of H-pyrrole nitrogens is 1. The largest absolute Gasteiger partial charge is 0.389 e. The van der Waals surface area contributed by atoms with Crippen molar-refractivity contribution in [2.75, 3.05) is 18.0 Å². The van der Waals surface area contributed by atoms with E-state index in [0.29, 0.717) is 24.7 Å². The predicted molar refractivity (Wildman–Crippen MR) is 57.2 cm³/mol. The molecule has 0 amide bonds. The van der Waals surface area contributed by atoms with Crippen LogP contribution in [0.15, 0.2) is 10.9 Å². The van der Waals surface area contributed by atoms with E-state index in [1.165, 1.54) is 6.07 Å². The van der Waals surface area contributed by atoms with Crippen LogP contribution in [0.2, 0.25) is 0 Å². The number of anilines is 1. The number of aliphatic hydroxyl groups is 1. The van der Waals surface area contributed by atoms with E-state index in [1.54, 1.807) is 0 Å². The Hall–Kier alpha value is -1.36. The Morgan fingerprint density at radius 1 is 1.60 bits per heavy atom. The summed E-state index contributed by atoms with van der Waals surface area (Å²) in [6.07, 6.45) is -0.284. The predicted octanol–water partition coefficient (Wildman–Crippen LogP) is 0.0742. The third-order valence-electron chi connectivity index (χ3n) is 2.48. The molecule has 0 aromatic carbocycles. The van der Waals surface area contributed by atoms with Gasteiger partial charge in [-0.2, -0.15) is 0 Å². The van der Waals surface area contributed by atoms with Gasteiger partial charge in [-0.15, -0.1) is 0 Å². The fourth-order valence-corrected chi connectivity index (χ4v) is 1.54. The van der Waals surface area contributed by atoms with E-state index in [-0.39, 0.29) is 17.6 Å². The second-order valence-electron chi connectivity index (χ2n) is 4.20. The zero-order valence-electron chi connectivity index (χ0n) is 8.90. The summed E-state index contributed by atoms with van der Waals surface area (Å²) in [5.74, 6) is 1.55. The molecule has 5 heteroatoms. The average molecular weight is 209 g/mol. The summed E-state index contributed by atoms with van der Waals surface area (Å²) in [5, 5.41) is 9.17. The van der Waals surface area contributed by atoms with Crippen molar-refractivity contribution in [1.29, 1.82) is 0 Å². The zero-order valence-corrected chi connectivity index (χ0v) is 8.90. The summed E-state index contributed by atoms with van der Waals surface area (Å²) in [6, 6.07) is 1.47. The molecule has 0 atom stereocenters. The molecular weight excluding hydrogens is 194 g/mol. The van der Waals surface area contributed by atoms with E-state index in [4.69, 9.17) is 0 Å². The molecule has 1 aromatic heterocycles. The average Bonchev–Trinajstić information content (AvgIpc) is 2.12. The highest BCUT2D eigenvalue weighted by Gasteiger charge is 2.26. The Bertz CT molecular complexity index is 407. The number of aromatic nitrogens is 2. The van der Waals surface area contributed by atoms with E-state index < -0.39 is 0 Å². The van der Waals surface area contributed by atoms with Gasteiger partial charge in [0.25, 0.3) is 5.56 Å². The van der Waals surface area contributed by atoms with Gasteiger partial charge in [-0.3, -0.25) is 4.79 Å². The van der Waals surface area contributed by atoms with Crippen LogP contribution in [0.1, 0.15) is 25.6 Å². The second-order valence-corrected chi connectivity index (χ2v) is 4.20. The number of aromatic amines is 1. The first-order chi connectivity index (χ1) is 7.06. The Labute approximate surface area is 87.8 Å². The van der Waals surface area contributed by atoms with Gasteiger partial charge in [0.05, 0.1) is 6.10 Å². The molecule has 1 aromatic rings. The van der Waals surface area contributed by atoms with Crippen molar-refractivity contribution in [3.05, 3.63) is 22.2 Å². The Morgan fingerprint density at radius 3 is 2.80 bits per heavy atom. The lowest BCUT2D eigenvalue weighted by Crippen LogP contribution is -2.51. The minimum atomic E-state index is -0.284. The Morgan fingerprint density at radius 2 is 2.27 bits per heavy atom. The smallest absolute Gasteiger partial charge is 0.252 e. The van der Waals surface area contributed by atoms with Crippen LogP contribution < -0.4 is 10.5 Å². The van der Waals surface area contributed by atoms with Crippen LogP contribution in [-0.2, 0) is 0 Å². The first-order valence-corrected chi connectivity index (χ1v) is 5.10. The van der Waals surface area contributed by atoms with Crippen molar-refractivity contribution in [3.8, 4) is 0 Å². The van der Waals surface area contributed by atoms with Crippen molar-refractivity contribution in [2.24, 2.45) is 0 Å². The summed E-state index contributed by atoms with van der Waals surface area (Å²) >= 11 is 0. The van der Waals surface area contributed by atoms with Crippen molar-refractivity contribution >= 4 is 5.82 Å². The van der Waals surface area contributed by atoms with Crippen molar-refractivity contribution in [3.63, 3.8) is 0 Å². The number of hydrogen-bond acceptors (Lipinski definition) is 4. The number of nitrogens with zero attached hydrogens (tertiary/aromatic N) is 2. The molecule has 2 heterocycles. The zero-order chi connectivity index (χ0) is 11.0. The van der Waals surface area contributed by atoms with Gasteiger partial charge in [-0.25, -0.2) is 4.98 Å².